The van der Waals surface area contributed by atoms with Gasteiger partial charge in [-0.1, -0.05) is 30.3 Å². The van der Waals surface area contributed by atoms with E-state index in [-0.39, 0.29) is 18.1 Å². The minimum Gasteiger partial charge on any atom is -0.488 e. The molecular formula is C17H12FNO3S. The summed E-state index contributed by atoms with van der Waals surface area (Å²) in [6.45, 7) is 0.0842. The third-order valence-electron chi connectivity index (χ3n) is 3.18. The average Bonchev–Trinajstić information content (AvgIpc) is 3.04. The maximum Gasteiger partial charge on any atom is 0.355 e. The lowest BCUT2D eigenvalue weighted by Gasteiger charge is -2.10. The summed E-state index contributed by atoms with van der Waals surface area (Å²) in [6, 6.07) is 13.6. The number of carboxylic acids is 1. The molecule has 0 spiro atoms. The molecule has 3 aromatic rings. The number of carboxylic acid groups (broad SMARTS) is 1. The van der Waals surface area contributed by atoms with Crippen molar-refractivity contribution in [1.82, 2.24) is 4.98 Å². The predicted octanol–water partition coefficient (Wildman–Crippen LogP) is 4.23. The molecule has 0 aliphatic rings. The van der Waals surface area contributed by atoms with Gasteiger partial charge in [0, 0.05) is 10.9 Å². The summed E-state index contributed by atoms with van der Waals surface area (Å²) in [7, 11) is 0. The summed E-state index contributed by atoms with van der Waals surface area (Å²) in [5, 5.41) is 11.0. The van der Waals surface area contributed by atoms with Crippen molar-refractivity contribution in [1.29, 1.82) is 0 Å². The summed E-state index contributed by atoms with van der Waals surface area (Å²) >= 11 is 1.22. The van der Waals surface area contributed by atoms with Gasteiger partial charge in [0.15, 0.2) is 5.69 Å². The summed E-state index contributed by atoms with van der Waals surface area (Å²) in [5.41, 5.74) is 1.13. The van der Waals surface area contributed by atoms with Crippen LogP contribution in [0.4, 0.5) is 4.39 Å². The van der Waals surface area contributed by atoms with Gasteiger partial charge in [0.25, 0.3) is 0 Å². The van der Waals surface area contributed by atoms with Crippen molar-refractivity contribution >= 4 is 17.3 Å². The highest BCUT2D eigenvalue weighted by molar-refractivity contribution is 7.13. The molecule has 0 aliphatic carbocycles. The molecule has 6 heteroatoms. The molecule has 1 aromatic heterocycles. The number of hydrogen-bond donors (Lipinski definition) is 1. The standard InChI is InChI=1S/C17H12FNO3S/c18-13-7-3-1-5-11(13)9-22-15-8-4-2-6-12(15)16-19-14(10-23-16)17(20)21/h1-8,10H,9H2,(H,20,21). The zero-order chi connectivity index (χ0) is 16.2. The number of hydrogen-bond acceptors (Lipinski definition) is 4. The van der Waals surface area contributed by atoms with E-state index in [0.29, 0.717) is 21.9 Å². The van der Waals surface area contributed by atoms with Crippen LogP contribution in [0.25, 0.3) is 10.6 Å². The van der Waals surface area contributed by atoms with Crippen LogP contribution in [-0.2, 0) is 6.61 Å². The molecule has 0 bridgehead atoms. The lowest BCUT2D eigenvalue weighted by molar-refractivity contribution is 0.0691. The molecule has 0 atom stereocenters. The quantitative estimate of drug-likeness (QED) is 0.761. The molecule has 0 unspecified atom stereocenters. The first kappa shape index (κ1) is 15.2. The minimum atomic E-state index is -1.07. The minimum absolute atomic E-state index is 0.00564. The van der Waals surface area contributed by atoms with E-state index in [1.807, 2.05) is 6.07 Å². The van der Waals surface area contributed by atoms with Crippen LogP contribution < -0.4 is 4.74 Å². The summed E-state index contributed by atoms with van der Waals surface area (Å²) in [5.74, 6) is -0.869. The van der Waals surface area contributed by atoms with Crippen molar-refractivity contribution in [2.24, 2.45) is 0 Å². The highest BCUT2D eigenvalue weighted by Gasteiger charge is 2.14. The summed E-state index contributed by atoms with van der Waals surface area (Å²) in [4.78, 5) is 15.0. The number of halogens is 1. The van der Waals surface area contributed by atoms with Crippen LogP contribution in [0.3, 0.4) is 0 Å². The molecule has 1 N–H and O–H groups in total. The number of aromatic carboxylic acids is 1. The first-order valence-electron chi connectivity index (χ1n) is 6.79. The number of aromatic nitrogens is 1. The molecule has 0 radical (unpaired) electrons. The van der Waals surface area contributed by atoms with Crippen molar-refractivity contribution in [3.8, 4) is 16.3 Å². The van der Waals surface area contributed by atoms with Gasteiger partial charge in [-0.15, -0.1) is 11.3 Å². The molecule has 0 fully saturated rings. The Labute approximate surface area is 135 Å². The Kier molecular flexibility index (Phi) is 4.34. The monoisotopic (exact) mass is 329 g/mol. The van der Waals surface area contributed by atoms with Crippen LogP contribution in [0.15, 0.2) is 53.9 Å². The van der Waals surface area contributed by atoms with Crippen molar-refractivity contribution < 1.29 is 19.0 Å². The van der Waals surface area contributed by atoms with Crippen molar-refractivity contribution in [2.45, 2.75) is 6.61 Å². The van der Waals surface area contributed by atoms with Gasteiger partial charge in [-0.05, 0) is 18.2 Å². The van der Waals surface area contributed by atoms with Crippen LogP contribution in [0.5, 0.6) is 5.75 Å². The molecule has 116 valence electrons. The van der Waals surface area contributed by atoms with E-state index >= 15 is 0 Å². The average molecular weight is 329 g/mol. The second-order valence-corrected chi connectivity index (χ2v) is 5.58. The Morgan fingerprint density at radius 1 is 1.17 bits per heavy atom. The van der Waals surface area contributed by atoms with E-state index in [4.69, 9.17) is 9.84 Å². The van der Waals surface area contributed by atoms with E-state index in [1.165, 1.54) is 22.8 Å². The molecule has 0 amide bonds. The number of benzene rings is 2. The van der Waals surface area contributed by atoms with Crippen LogP contribution in [0, 0.1) is 5.82 Å². The summed E-state index contributed by atoms with van der Waals surface area (Å²) < 4.78 is 19.4. The van der Waals surface area contributed by atoms with E-state index in [0.717, 1.165) is 0 Å². The third kappa shape index (κ3) is 3.37. The zero-order valence-electron chi connectivity index (χ0n) is 11.9. The lowest BCUT2D eigenvalue weighted by Crippen LogP contribution is -2.00. The predicted molar refractivity (Wildman–Crippen MR) is 85.2 cm³/mol. The van der Waals surface area contributed by atoms with E-state index in [9.17, 15) is 9.18 Å². The zero-order valence-corrected chi connectivity index (χ0v) is 12.7. The number of rotatable bonds is 5. The number of nitrogens with zero attached hydrogens (tertiary/aromatic N) is 1. The van der Waals surface area contributed by atoms with Gasteiger partial charge in [0.2, 0.25) is 0 Å². The van der Waals surface area contributed by atoms with Crippen molar-refractivity contribution in [2.75, 3.05) is 0 Å². The molecule has 1 heterocycles. The second-order valence-electron chi connectivity index (χ2n) is 4.72. The van der Waals surface area contributed by atoms with Crippen LogP contribution in [0.2, 0.25) is 0 Å². The van der Waals surface area contributed by atoms with Crippen LogP contribution >= 0.6 is 11.3 Å². The van der Waals surface area contributed by atoms with Gasteiger partial charge in [0.1, 0.15) is 23.2 Å². The number of carbonyl (C=O) groups is 1. The fraction of sp³-hybridized carbons (Fsp3) is 0.0588. The van der Waals surface area contributed by atoms with E-state index in [2.05, 4.69) is 4.98 Å². The maximum atomic E-state index is 13.7. The molecule has 0 saturated heterocycles. The van der Waals surface area contributed by atoms with E-state index < -0.39 is 5.97 Å². The molecular weight excluding hydrogens is 317 g/mol. The van der Waals surface area contributed by atoms with Gasteiger partial charge in [0.05, 0.1) is 5.56 Å². The Hall–Kier alpha value is -2.73. The fourth-order valence-electron chi connectivity index (χ4n) is 2.04. The second kappa shape index (κ2) is 6.58. The number of para-hydroxylation sites is 1. The third-order valence-corrected chi connectivity index (χ3v) is 4.06. The Balaban J connectivity index is 1.86. The maximum absolute atomic E-state index is 13.7. The molecule has 2 aromatic carbocycles. The normalized spacial score (nSPS) is 10.5. The Morgan fingerprint density at radius 3 is 2.65 bits per heavy atom. The Morgan fingerprint density at radius 2 is 1.91 bits per heavy atom. The van der Waals surface area contributed by atoms with Crippen LogP contribution in [0.1, 0.15) is 16.1 Å². The van der Waals surface area contributed by atoms with E-state index in [1.54, 1.807) is 36.4 Å². The molecule has 4 nitrogen and oxygen atoms in total. The first-order chi connectivity index (χ1) is 11.1. The van der Waals surface area contributed by atoms with Crippen molar-refractivity contribution in [3.63, 3.8) is 0 Å². The van der Waals surface area contributed by atoms with Crippen molar-refractivity contribution in [3.05, 3.63) is 71.0 Å². The fourth-order valence-corrected chi connectivity index (χ4v) is 2.86. The SMILES string of the molecule is O=C(O)c1csc(-c2ccccc2OCc2ccccc2F)n1. The van der Waals surface area contributed by atoms with Gasteiger partial charge in [-0.3, -0.25) is 0 Å². The molecule has 0 aliphatic heterocycles. The highest BCUT2D eigenvalue weighted by atomic mass is 32.1. The summed E-state index contributed by atoms with van der Waals surface area (Å²) in [6.07, 6.45) is 0. The van der Waals surface area contributed by atoms with Gasteiger partial charge in [-0.2, -0.15) is 0 Å². The first-order valence-corrected chi connectivity index (χ1v) is 7.67. The van der Waals surface area contributed by atoms with Gasteiger partial charge in [-0.25, -0.2) is 14.2 Å². The highest BCUT2D eigenvalue weighted by Crippen LogP contribution is 2.32. The largest absolute Gasteiger partial charge is 0.488 e. The number of thiazole rings is 1. The molecule has 3 rings (SSSR count). The Bertz CT molecular complexity index is 847. The smallest absolute Gasteiger partial charge is 0.355 e. The number of ether oxygens (including phenoxy) is 1. The van der Waals surface area contributed by atoms with Crippen LogP contribution in [-0.4, -0.2) is 16.1 Å². The van der Waals surface area contributed by atoms with Gasteiger partial charge < -0.3 is 9.84 Å². The molecule has 23 heavy (non-hydrogen) atoms. The van der Waals surface area contributed by atoms with Gasteiger partial charge >= 0.3 is 5.97 Å². The lowest BCUT2D eigenvalue weighted by atomic mass is 10.2. The topological polar surface area (TPSA) is 59.4 Å². The molecule has 0 saturated carbocycles.